The highest BCUT2D eigenvalue weighted by molar-refractivity contribution is 7.80. The van der Waals surface area contributed by atoms with Crippen LogP contribution in [0, 0.1) is 6.92 Å². The van der Waals surface area contributed by atoms with Gasteiger partial charge in [-0.05, 0) is 75.2 Å². The second kappa shape index (κ2) is 7.01. The van der Waals surface area contributed by atoms with Crippen molar-refractivity contribution in [3.8, 4) is 0 Å². The number of thiocarbonyl (C=S) groups is 1. The predicted octanol–water partition coefficient (Wildman–Crippen LogP) is 4.96. The first-order chi connectivity index (χ1) is 13.6. The number of hydrogen-bond donors (Lipinski definition) is 1. The summed E-state index contributed by atoms with van der Waals surface area (Å²) in [6.45, 7) is 2.10. The smallest absolute Gasteiger partial charge is 0.173 e. The van der Waals surface area contributed by atoms with E-state index in [9.17, 15) is 0 Å². The minimum atomic E-state index is 0.446. The summed E-state index contributed by atoms with van der Waals surface area (Å²) in [5, 5.41) is 4.95. The Hall–Kier alpha value is -2.18. The van der Waals surface area contributed by atoms with Gasteiger partial charge in [0.2, 0.25) is 0 Å². The van der Waals surface area contributed by atoms with Crippen LogP contribution in [-0.4, -0.2) is 36.6 Å². The van der Waals surface area contributed by atoms with Gasteiger partial charge in [0.15, 0.2) is 5.11 Å². The van der Waals surface area contributed by atoms with E-state index >= 15 is 0 Å². The summed E-state index contributed by atoms with van der Waals surface area (Å²) in [4.78, 5) is 11.5. The number of piperidine rings is 1. The molecule has 2 aliphatic heterocycles. The van der Waals surface area contributed by atoms with Crippen molar-refractivity contribution >= 4 is 45.7 Å². The largest absolute Gasteiger partial charge is 0.343 e. The molecule has 2 aromatic heterocycles. The zero-order valence-corrected chi connectivity index (χ0v) is 17.2. The molecule has 144 valence electrons. The van der Waals surface area contributed by atoms with Crippen molar-refractivity contribution in [2.24, 2.45) is 0 Å². The fourth-order valence-corrected chi connectivity index (χ4v) is 5.48. The molecule has 0 spiro atoms. The molecular formula is C21H22ClN5S. The van der Waals surface area contributed by atoms with Crippen LogP contribution in [0.3, 0.4) is 0 Å². The van der Waals surface area contributed by atoms with Gasteiger partial charge in [-0.3, -0.25) is 4.98 Å². The molecule has 0 amide bonds. The number of fused-ring (bicyclic) bond motifs is 3. The minimum absolute atomic E-state index is 0.446. The van der Waals surface area contributed by atoms with Crippen LogP contribution in [0.15, 0.2) is 42.7 Å². The number of halogens is 1. The fraction of sp³-hybridized carbons (Fsp3) is 0.381. The van der Waals surface area contributed by atoms with E-state index in [0.29, 0.717) is 18.1 Å². The van der Waals surface area contributed by atoms with E-state index in [2.05, 4.69) is 26.7 Å². The number of pyridine rings is 1. The van der Waals surface area contributed by atoms with E-state index in [4.69, 9.17) is 28.8 Å². The van der Waals surface area contributed by atoms with Crippen LogP contribution in [0.25, 0.3) is 11.0 Å². The first kappa shape index (κ1) is 17.9. The average molecular weight is 412 g/mol. The molecule has 0 radical (unpaired) electrons. The molecule has 7 heteroatoms. The van der Waals surface area contributed by atoms with Gasteiger partial charge in [-0.2, -0.15) is 0 Å². The van der Waals surface area contributed by atoms with Gasteiger partial charge in [-0.25, -0.2) is 4.98 Å². The number of nitrogens with one attached hydrogen (secondary N) is 1. The average Bonchev–Trinajstić information content (AvgIpc) is 3.16. The predicted molar refractivity (Wildman–Crippen MR) is 117 cm³/mol. The van der Waals surface area contributed by atoms with Crippen molar-refractivity contribution < 1.29 is 0 Å². The molecule has 1 N–H and O–H groups in total. The lowest BCUT2D eigenvalue weighted by molar-refractivity contribution is 0.186. The van der Waals surface area contributed by atoms with Crippen molar-refractivity contribution in [2.75, 3.05) is 5.32 Å². The standard InChI is InChI=1S/C21H22ClN5S/c1-13-24-19-8-9-23-12-20(19)26(13)18-10-16-6-7-17(11-18)27(16)21(28)25-15-4-2-14(22)3-5-15/h2-5,8-9,12,16-18H,6-7,10-11H2,1H3,(H,25,28)/t16-,17+,18+. The van der Waals surface area contributed by atoms with Gasteiger partial charge < -0.3 is 14.8 Å². The van der Waals surface area contributed by atoms with Crippen LogP contribution < -0.4 is 5.32 Å². The van der Waals surface area contributed by atoms with Crippen molar-refractivity contribution in [2.45, 2.75) is 50.7 Å². The fourth-order valence-electron chi connectivity index (χ4n) is 4.93. The minimum Gasteiger partial charge on any atom is -0.343 e. The molecule has 0 aliphatic carbocycles. The summed E-state index contributed by atoms with van der Waals surface area (Å²) in [5.41, 5.74) is 3.15. The normalized spacial score (nSPS) is 23.9. The van der Waals surface area contributed by atoms with Crippen LogP contribution in [0.1, 0.15) is 37.5 Å². The molecule has 1 aromatic carbocycles. The Morgan fingerprint density at radius 2 is 1.82 bits per heavy atom. The van der Waals surface area contributed by atoms with Crippen molar-refractivity contribution in [1.82, 2.24) is 19.4 Å². The maximum atomic E-state index is 5.99. The van der Waals surface area contributed by atoms with E-state index in [1.54, 1.807) is 0 Å². The lowest BCUT2D eigenvalue weighted by Crippen LogP contribution is -2.48. The maximum absolute atomic E-state index is 5.99. The Kier molecular flexibility index (Phi) is 4.48. The molecular weight excluding hydrogens is 390 g/mol. The van der Waals surface area contributed by atoms with Gasteiger partial charge in [0, 0.05) is 35.0 Å². The third-order valence-electron chi connectivity index (χ3n) is 6.07. The number of anilines is 1. The van der Waals surface area contributed by atoms with E-state index in [1.807, 2.05) is 42.7 Å². The topological polar surface area (TPSA) is 46.0 Å². The summed E-state index contributed by atoms with van der Waals surface area (Å²) < 4.78 is 2.39. The van der Waals surface area contributed by atoms with Crippen molar-refractivity contribution in [1.29, 1.82) is 0 Å². The molecule has 0 unspecified atom stereocenters. The van der Waals surface area contributed by atoms with Gasteiger partial charge in [0.25, 0.3) is 0 Å². The van der Waals surface area contributed by atoms with Crippen molar-refractivity contribution in [3.05, 3.63) is 53.6 Å². The van der Waals surface area contributed by atoms with Crippen LogP contribution in [0.2, 0.25) is 5.02 Å². The lowest BCUT2D eigenvalue weighted by Gasteiger charge is -2.41. The quantitative estimate of drug-likeness (QED) is 0.604. The molecule has 2 fully saturated rings. The third-order valence-corrected chi connectivity index (χ3v) is 6.64. The summed E-state index contributed by atoms with van der Waals surface area (Å²) in [5.74, 6) is 1.07. The van der Waals surface area contributed by atoms with E-state index in [-0.39, 0.29) is 0 Å². The van der Waals surface area contributed by atoms with Crippen LogP contribution >= 0.6 is 23.8 Å². The highest BCUT2D eigenvalue weighted by Crippen LogP contribution is 2.42. The number of rotatable bonds is 2. The Morgan fingerprint density at radius 1 is 1.11 bits per heavy atom. The number of aryl methyl sites for hydroxylation is 1. The summed E-state index contributed by atoms with van der Waals surface area (Å²) >= 11 is 11.8. The molecule has 28 heavy (non-hydrogen) atoms. The summed E-state index contributed by atoms with van der Waals surface area (Å²) in [7, 11) is 0. The van der Waals surface area contributed by atoms with Gasteiger partial charge in [-0.1, -0.05) is 11.6 Å². The molecule has 2 bridgehead atoms. The molecule has 5 nitrogen and oxygen atoms in total. The molecule has 2 saturated heterocycles. The Labute approximate surface area is 174 Å². The number of hydrogen-bond acceptors (Lipinski definition) is 3. The van der Waals surface area contributed by atoms with Gasteiger partial charge in [-0.15, -0.1) is 0 Å². The van der Waals surface area contributed by atoms with Gasteiger partial charge >= 0.3 is 0 Å². The summed E-state index contributed by atoms with van der Waals surface area (Å²) in [6.07, 6.45) is 8.30. The first-order valence-electron chi connectivity index (χ1n) is 9.73. The Balaban J connectivity index is 1.36. The van der Waals surface area contributed by atoms with Crippen LogP contribution in [-0.2, 0) is 0 Å². The summed E-state index contributed by atoms with van der Waals surface area (Å²) in [6, 6.07) is 11.1. The Morgan fingerprint density at radius 3 is 2.54 bits per heavy atom. The highest BCUT2D eigenvalue weighted by atomic mass is 35.5. The second-order valence-corrected chi connectivity index (χ2v) is 8.57. The SMILES string of the molecule is Cc1nc2ccncc2n1[C@H]1C[C@H]2CC[C@@H](C1)N2C(=S)Nc1ccc(Cl)cc1. The molecule has 0 saturated carbocycles. The second-order valence-electron chi connectivity index (χ2n) is 7.75. The monoisotopic (exact) mass is 411 g/mol. The van der Waals surface area contributed by atoms with Crippen molar-refractivity contribution in [3.63, 3.8) is 0 Å². The molecule has 3 atom stereocenters. The zero-order chi connectivity index (χ0) is 19.3. The first-order valence-corrected chi connectivity index (χ1v) is 10.5. The van der Waals surface area contributed by atoms with Gasteiger partial charge in [0.05, 0.1) is 17.2 Å². The molecule has 5 rings (SSSR count). The highest BCUT2D eigenvalue weighted by Gasteiger charge is 2.43. The van der Waals surface area contributed by atoms with E-state index in [0.717, 1.165) is 45.5 Å². The van der Waals surface area contributed by atoms with Crippen LogP contribution in [0.5, 0.6) is 0 Å². The zero-order valence-electron chi connectivity index (χ0n) is 15.7. The van der Waals surface area contributed by atoms with Crippen LogP contribution in [0.4, 0.5) is 5.69 Å². The molecule has 2 aliphatic rings. The molecule has 3 aromatic rings. The Bertz CT molecular complexity index is 1020. The number of imidazole rings is 1. The van der Waals surface area contributed by atoms with E-state index in [1.165, 1.54) is 12.8 Å². The third kappa shape index (κ3) is 3.05. The maximum Gasteiger partial charge on any atom is 0.173 e. The number of aromatic nitrogens is 3. The van der Waals surface area contributed by atoms with Gasteiger partial charge in [0.1, 0.15) is 5.82 Å². The molecule has 4 heterocycles. The lowest BCUT2D eigenvalue weighted by atomic mass is 9.97. The number of nitrogens with zero attached hydrogens (tertiary/aromatic N) is 4. The van der Waals surface area contributed by atoms with E-state index < -0.39 is 0 Å². The number of benzene rings is 1.